The second-order valence-electron chi connectivity index (χ2n) is 5.46. The van der Waals surface area contributed by atoms with Crippen LogP contribution in [-0.4, -0.2) is 0 Å². The first-order valence-corrected chi connectivity index (χ1v) is 7.54. The van der Waals surface area contributed by atoms with Gasteiger partial charge in [0.2, 0.25) is 0 Å². The molecular formula is C21H17NO. The maximum absolute atomic E-state index is 9.28. The minimum absolute atomic E-state index is 0.451. The number of hydrogen-bond acceptors (Lipinski definition) is 2. The Hall–Kier alpha value is -3.05. The first kappa shape index (κ1) is 14.9. The van der Waals surface area contributed by atoms with Crippen LogP contribution in [0, 0.1) is 18.3 Å². The van der Waals surface area contributed by atoms with Crippen LogP contribution in [-0.2, 0) is 6.61 Å². The Morgan fingerprint density at radius 1 is 0.870 bits per heavy atom. The van der Waals surface area contributed by atoms with Gasteiger partial charge in [0.15, 0.2) is 0 Å². The normalized spacial score (nSPS) is 10.1. The van der Waals surface area contributed by atoms with Crippen molar-refractivity contribution in [2.75, 3.05) is 0 Å². The molecule has 0 aliphatic heterocycles. The number of nitriles is 1. The summed E-state index contributed by atoms with van der Waals surface area (Å²) in [5, 5.41) is 9.28. The number of ether oxygens (including phenoxy) is 1. The van der Waals surface area contributed by atoms with E-state index in [0.29, 0.717) is 17.9 Å². The van der Waals surface area contributed by atoms with E-state index in [1.165, 1.54) is 5.56 Å². The maximum atomic E-state index is 9.28. The van der Waals surface area contributed by atoms with Crippen molar-refractivity contribution in [1.82, 2.24) is 0 Å². The predicted molar refractivity (Wildman–Crippen MR) is 92.1 cm³/mol. The first-order valence-electron chi connectivity index (χ1n) is 7.54. The number of benzene rings is 3. The lowest BCUT2D eigenvalue weighted by atomic mass is 10.0. The Morgan fingerprint density at radius 3 is 2.26 bits per heavy atom. The fourth-order valence-electron chi connectivity index (χ4n) is 2.40. The third kappa shape index (κ3) is 3.59. The minimum Gasteiger partial charge on any atom is -0.488 e. The molecule has 3 rings (SSSR count). The Morgan fingerprint density at radius 2 is 1.57 bits per heavy atom. The number of hydrogen-bond donors (Lipinski definition) is 0. The van der Waals surface area contributed by atoms with E-state index < -0.39 is 0 Å². The highest BCUT2D eigenvalue weighted by atomic mass is 16.5. The van der Waals surface area contributed by atoms with Crippen LogP contribution in [0.1, 0.15) is 16.7 Å². The minimum atomic E-state index is 0.451. The third-order valence-corrected chi connectivity index (χ3v) is 3.72. The maximum Gasteiger partial charge on any atom is 0.138 e. The molecule has 112 valence electrons. The third-order valence-electron chi connectivity index (χ3n) is 3.72. The first-order chi connectivity index (χ1) is 11.3. The van der Waals surface area contributed by atoms with Gasteiger partial charge in [0.25, 0.3) is 0 Å². The van der Waals surface area contributed by atoms with Gasteiger partial charge in [0.1, 0.15) is 18.4 Å². The van der Waals surface area contributed by atoms with Gasteiger partial charge >= 0.3 is 0 Å². The lowest BCUT2D eigenvalue weighted by Gasteiger charge is -2.10. The van der Waals surface area contributed by atoms with E-state index in [9.17, 15) is 5.26 Å². The summed E-state index contributed by atoms with van der Waals surface area (Å²) in [4.78, 5) is 0. The van der Waals surface area contributed by atoms with Crippen molar-refractivity contribution in [2.24, 2.45) is 0 Å². The van der Waals surface area contributed by atoms with Crippen molar-refractivity contribution in [1.29, 1.82) is 5.26 Å². The summed E-state index contributed by atoms with van der Waals surface area (Å²) in [6.45, 7) is 2.52. The Labute approximate surface area is 136 Å². The molecular weight excluding hydrogens is 282 g/mol. The van der Waals surface area contributed by atoms with Crippen LogP contribution >= 0.6 is 0 Å². The van der Waals surface area contributed by atoms with E-state index in [-0.39, 0.29) is 0 Å². The molecule has 0 radical (unpaired) electrons. The van der Waals surface area contributed by atoms with E-state index in [4.69, 9.17) is 4.74 Å². The summed E-state index contributed by atoms with van der Waals surface area (Å²) in [5.74, 6) is 0.620. The molecule has 0 bridgehead atoms. The Balaban J connectivity index is 1.87. The molecule has 0 N–H and O–H groups in total. The van der Waals surface area contributed by atoms with Crippen LogP contribution in [0.3, 0.4) is 0 Å². The Kier molecular flexibility index (Phi) is 4.40. The van der Waals surface area contributed by atoms with Gasteiger partial charge < -0.3 is 4.74 Å². The molecule has 0 unspecified atom stereocenters. The standard InChI is InChI=1S/C21H17NO/c1-16-7-9-18(10-8-16)19-11-12-20(14-22)21(13-19)23-15-17-5-3-2-4-6-17/h2-13H,15H2,1H3. The number of aryl methyl sites for hydroxylation is 1. The summed E-state index contributed by atoms with van der Waals surface area (Å²) >= 11 is 0. The quantitative estimate of drug-likeness (QED) is 0.670. The van der Waals surface area contributed by atoms with Crippen LogP contribution in [0.25, 0.3) is 11.1 Å². The van der Waals surface area contributed by atoms with Crippen molar-refractivity contribution in [3.05, 3.63) is 89.5 Å². The van der Waals surface area contributed by atoms with Crippen LogP contribution in [0.4, 0.5) is 0 Å². The lowest BCUT2D eigenvalue weighted by molar-refractivity contribution is 0.305. The molecule has 0 amide bonds. The summed E-state index contributed by atoms with van der Waals surface area (Å²) in [6, 6.07) is 26.2. The van der Waals surface area contributed by atoms with E-state index in [1.807, 2.05) is 48.5 Å². The highest BCUT2D eigenvalue weighted by molar-refractivity contribution is 5.67. The second kappa shape index (κ2) is 6.81. The number of nitrogens with zero attached hydrogens (tertiary/aromatic N) is 1. The second-order valence-corrected chi connectivity index (χ2v) is 5.46. The van der Waals surface area contributed by atoms with Crippen LogP contribution in [0.2, 0.25) is 0 Å². The van der Waals surface area contributed by atoms with Gasteiger partial charge in [-0.2, -0.15) is 5.26 Å². The van der Waals surface area contributed by atoms with E-state index in [1.54, 1.807) is 0 Å². The smallest absolute Gasteiger partial charge is 0.138 e. The molecule has 0 aliphatic rings. The zero-order chi connectivity index (χ0) is 16.1. The van der Waals surface area contributed by atoms with Crippen molar-refractivity contribution < 1.29 is 4.74 Å². The van der Waals surface area contributed by atoms with Gasteiger partial charge in [0, 0.05) is 0 Å². The summed E-state index contributed by atoms with van der Waals surface area (Å²) < 4.78 is 5.88. The van der Waals surface area contributed by atoms with Crippen molar-refractivity contribution in [3.63, 3.8) is 0 Å². The lowest BCUT2D eigenvalue weighted by Crippen LogP contribution is -1.97. The largest absolute Gasteiger partial charge is 0.488 e. The molecule has 2 heteroatoms. The van der Waals surface area contributed by atoms with Gasteiger partial charge in [-0.05, 0) is 35.7 Å². The van der Waals surface area contributed by atoms with E-state index in [2.05, 4.69) is 37.3 Å². The molecule has 3 aromatic rings. The highest BCUT2D eigenvalue weighted by Gasteiger charge is 2.07. The van der Waals surface area contributed by atoms with Gasteiger partial charge in [0.05, 0.1) is 5.56 Å². The Bertz CT molecular complexity index is 830. The molecule has 0 spiro atoms. The number of rotatable bonds is 4. The van der Waals surface area contributed by atoms with Crippen LogP contribution in [0.5, 0.6) is 5.75 Å². The molecule has 3 aromatic carbocycles. The molecule has 2 nitrogen and oxygen atoms in total. The molecule has 0 fully saturated rings. The summed E-state index contributed by atoms with van der Waals surface area (Å²) in [6.07, 6.45) is 0. The zero-order valence-corrected chi connectivity index (χ0v) is 13.0. The van der Waals surface area contributed by atoms with Gasteiger partial charge in [-0.1, -0.05) is 66.2 Å². The van der Waals surface area contributed by atoms with E-state index in [0.717, 1.165) is 16.7 Å². The zero-order valence-electron chi connectivity index (χ0n) is 13.0. The summed E-state index contributed by atoms with van der Waals surface area (Å²) in [7, 11) is 0. The highest BCUT2D eigenvalue weighted by Crippen LogP contribution is 2.28. The molecule has 23 heavy (non-hydrogen) atoms. The molecule has 0 aliphatic carbocycles. The summed E-state index contributed by atoms with van der Waals surface area (Å²) in [5.41, 5.74) is 5.02. The molecule has 0 saturated heterocycles. The van der Waals surface area contributed by atoms with Gasteiger partial charge in [-0.15, -0.1) is 0 Å². The van der Waals surface area contributed by atoms with E-state index >= 15 is 0 Å². The average Bonchev–Trinajstić information content (AvgIpc) is 2.61. The molecule has 0 saturated carbocycles. The van der Waals surface area contributed by atoms with Crippen molar-refractivity contribution in [2.45, 2.75) is 13.5 Å². The monoisotopic (exact) mass is 299 g/mol. The molecule has 0 atom stereocenters. The average molecular weight is 299 g/mol. The van der Waals surface area contributed by atoms with Gasteiger partial charge in [-0.3, -0.25) is 0 Å². The topological polar surface area (TPSA) is 33.0 Å². The van der Waals surface area contributed by atoms with Crippen LogP contribution in [0.15, 0.2) is 72.8 Å². The van der Waals surface area contributed by atoms with Crippen molar-refractivity contribution in [3.8, 4) is 22.9 Å². The van der Waals surface area contributed by atoms with Gasteiger partial charge in [-0.25, -0.2) is 0 Å². The fourth-order valence-corrected chi connectivity index (χ4v) is 2.40. The van der Waals surface area contributed by atoms with Crippen LogP contribution < -0.4 is 4.74 Å². The predicted octanol–water partition coefficient (Wildman–Crippen LogP) is 5.11. The molecule has 0 aromatic heterocycles. The molecule has 0 heterocycles. The SMILES string of the molecule is Cc1ccc(-c2ccc(C#N)c(OCc3ccccc3)c2)cc1. The van der Waals surface area contributed by atoms with Crippen molar-refractivity contribution >= 4 is 0 Å². The fraction of sp³-hybridized carbons (Fsp3) is 0.0952.